The van der Waals surface area contributed by atoms with E-state index < -0.39 is 0 Å². The molecule has 1 saturated heterocycles. The molecular formula is C8H18BrNO2. The van der Waals surface area contributed by atoms with Crippen LogP contribution in [0.2, 0.25) is 0 Å². The molecule has 0 aromatic rings. The predicted octanol–water partition coefficient (Wildman–Crippen LogP) is 0.978. The summed E-state index contributed by atoms with van der Waals surface area (Å²) in [6.07, 6.45) is 0.148. The van der Waals surface area contributed by atoms with Crippen LogP contribution in [0.3, 0.4) is 0 Å². The molecule has 0 radical (unpaired) electrons. The average Bonchev–Trinajstić information content (AvgIpc) is 2.04. The number of hydrogen-bond donors (Lipinski definition) is 1. The molecule has 0 aromatic heterocycles. The molecule has 0 spiro atoms. The number of rotatable bonds is 2. The Morgan fingerprint density at radius 3 is 2.67 bits per heavy atom. The van der Waals surface area contributed by atoms with E-state index in [1.54, 1.807) is 7.11 Å². The van der Waals surface area contributed by atoms with E-state index in [1.165, 1.54) is 0 Å². The van der Waals surface area contributed by atoms with Crippen molar-refractivity contribution in [2.24, 2.45) is 0 Å². The average molecular weight is 240 g/mol. The second kappa shape index (κ2) is 5.17. The van der Waals surface area contributed by atoms with Gasteiger partial charge >= 0.3 is 0 Å². The Hall–Kier alpha value is 0.360. The van der Waals surface area contributed by atoms with Crippen molar-refractivity contribution in [2.75, 3.05) is 26.8 Å². The van der Waals surface area contributed by atoms with Crippen molar-refractivity contribution in [2.45, 2.75) is 25.6 Å². The van der Waals surface area contributed by atoms with Gasteiger partial charge in [0.25, 0.3) is 0 Å². The first-order chi connectivity index (χ1) is 5.19. The van der Waals surface area contributed by atoms with E-state index in [-0.39, 0.29) is 28.7 Å². The summed E-state index contributed by atoms with van der Waals surface area (Å²) >= 11 is 0. The van der Waals surface area contributed by atoms with Gasteiger partial charge in [0, 0.05) is 20.2 Å². The first kappa shape index (κ1) is 12.4. The van der Waals surface area contributed by atoms with Crippen molar-refractivity contribution >= 4 is 17.0 Å². The highest BCUT2D eigenvalue weighted by atomic mass is 79.9. The summed E-state index contributed by atoms with van der Waals surface area (Å²) < 4.78 is 10.9. The lowest BCUT2D eigenvalue weighted by atomic mass is 9.99. The second-order valence-corrected chi connectivity index (χ2v) is 3.22. The minimum absolute atomic E-state index is 0. The molecule has 1 heterocycles. The summed E-state index contributed by atoms with van der Waals surface area (Å²) in [5.74, 6) is 0. The van der Waals surface area contributed by atoms with E-state index in [9.17, 15) is 0 Å². The first-order valence-electron chi connectivity index (χ1n) is 4.06. The third-order valence-corrected chi connectivity index (χ3v) is 2.40. The molecular weight excluding hydrogens is 222 g/mol. The van der Waals surface area contributed by atoms with E-state index in [1.807, 2.05) is 6.92 Å². The molecule has 1 N–H and O–H groups in total. The number of ether oxygens (including phenoxy) is 2. The van der Waals surface area contributed by atoms with Gasteiger partial charge in [0.2, 0.25) is 0 Å². The number of nitrogens with one attached hydrogen (secondary N) is 1. The number of methoxy groups -OCH3 is 1. The molecule has 1 aliphatic heterocycles. The molecule has 1 aliphatic rings. The molecule has 0 amide bonds. The van der Waals surface area contributed by atoms with Crippen LogP contribution in [-0.4, -0.2) is 38.5 Å². The highest BCUT2D eigenvalue weighted by Crippen LogP contribution is 2.18. The Kier molecular flexibility index (Phi) is 5.32. The summed E-state index contributed by atoms with van der Waals surface area (Å²) in [7, 11) is 1.72. The summed E-state index contributed by atoms with van der Waals surface area (Å²) in [4.78, 5) is 0. The van der Waals surface area contributed by atoms with Crippen LogP contribution >= 0.6 is 17.0 Å². The fourth-order valence-corrected chi connectivity index (χ4v) is 1.25. The maximum Gasteiger partial charge on any atom is 0.104 e. The van der Waals surface area contributed by atoms with Crippen LogP contribution in [0.15, 0.2) is 0 Å². The van der Waals surface area contributed by atoms with Gasteiger partial charge in [-0.05, 0) is 13.8 Å². The molecule has 1 rings (SSSR count). The van der Waals surface area contributed by atoms with Crippen molar-refractivity contribution in [3.05, 3.63) is 0 Å². The van der Waals surface area contributed by atoms with E-state index in [0.29, 0.717) is 0 Å². The smallest absolute Gasteiger partial charge is 0.104 e. The van der Waals surface area contributed by atoms with Crippen molar-refractivity contribution < 1.29 is 9.47 Å². The van der Waals surface area contributed by atoms with Gasteiger partial charge in [-0.25, -0.2) is 0 Å². The maximum atomic E-state index is 5.63. The molecule has 3 nitrogen and oxygen atoms in total. The SMILES string of the molecule is Br.COC(C)C1(C)CNCCO1. The van der Waals surface area contributed by atoms with Crippen LogP contribution < -0.4 is 5.32 Å². The van der Waals surface area contributed by atoms with Crippen molar-refractivity contribution in [3.63, 3.8) is 0 Å². The Bertz CT molecular complexity index is 126. The van der Waals surface area contributed by atoms with E-state index in [4.69, 9.17) is 9.47 Å². The Balaban J connectivity index is 0.00000121. The van der Waals surface area contributed by atoms with Crippen LogP contribution in [0.4, 0.5) is 0 Å². The van der Waals surface area contributed by atoms with Gasteiger partial charge < -0.3 is 14.8 Å². The molecule has 12 heavy (non-hydrogen) atoms. The minimum Gasteiger partial charge on any atom is -0.379 e. The molecule has 0 aliphatic carbocycles. The van der Waals surface area contributed by atoms with E-state index in [0.717, 1.165) is 19.7 Å². The highest BCUT2D eigenvalue weighted by Gasteiger charge is 2.33. The van der Waals surface area contributed by atoms with Gasteiger partial charge in [0.15, 0.2) is 0 Å². The summed E-state index contributed by atoms with van der Waals surface area (Å²) in [5, 5.41) is 3.29. The van der Waals surface area contributed by atoms with Crippen LogP contribution in [-0.2, 0) is 9.47 Å². The van der Waals surface area contributed by atoms with Crippen LogP contribution in [0, 0.1) is 0 Å². The number of halogens is 1. The lowest BCUT2D eigenvalue weighted by Gasteiger charge is -2.38. The normalized spacial score (nSPS) is 32.2. The Morgan fingerprint density at radius 1 is 1.58 bits per heavy atom. The molecule has 0 aromatic carbocycles. The largest absolute Gasteiger partial charge is 0.379 e. The topological polar surface area (TPSA) is 30.5 Å². The molecule has 0 saturated carbocycles. The second-order valence-electron chi connectivity index (χ2n) is 3.22. The monoisotopic (exact) mass is 239 g/mol. The summed E-state index contributed by atoms with van der Waals surface area (Å²) in [6.45, 7) is 6.72. The molecule has 0 bridgehead atoms. The zero-order chi connectivity index (χ0) is 8.32. The fraction of sp³-hybridized carbons (Fsp3) is 1.00. The molecule has 4 heteroatoms. The third kappa shape index (κ3) is 2.69. The first-order valence-corrected chi connectivity index (χ1v) is 4.06. The summed E-state index contributed by atoms with van der Waals surface area (Å²) in [5.41, 5.74) is -0.146. The molecule has 2 atom stereocenters. The van der Waals surface area contributed by atoms with Gasteiger partial charge in [-0.15, -0.1) is 17.0 Å². The van der Waals surface area contributed by atoms with Crippen molar-refractivity contribution in [3.8, 4) is 0 Å². The van der Waals surface area contributed by atoms with Crippen LogP contribution in [0.1, 0.15) is 13.8 Å². The lowest BCUT2D eigenvalue weighted by molar-refractivity contribution is -0.130. The molecule has 1 fully saturated rings. The zero-order valence-corrected chi connectivity index (χ0v) is 9.64. The van der Waals surface area contributed by atoms with E-state index in [2.05, 4.69) is 12.2 Å². The zero-order valence-electron chi connectivity index (χ0n) is 7.92. The standard InChI is InChI=1S/C8H17NO2.BrH/c1-7(10-3)8(2)6-9-4-5-11-8;/h7,9H,4-6H2,1-3H3;1H. The third-order valence-electron chi connectivity index (χ3n) is 2.40. The van der Waals surface area contributed by atoms with Crippen LogP contribution in [0.5, 0.6) is 0 Å². The van der Waals surface area contributed by atoms with Gasteiger partial charge in [0.05, 0.1) is 12.7 Å². The highest BCUT2D eigenvalue weighted by molar-refractivity contribution is 8.93. The van der Waals surface area contributed by atoms with Gasteiger partial charge in [-0.3, -0.25) is 0 Å². The van der Waals surface area contributed by atoms with Crippen LogP contribution in [0.25, 0.3) is 0 Å². The summed E-state index contributed by atoms with van der Waals surface area (Å²) in [6, 6.07) is 0. The number of hydrogen-bond acceptors (Lipinski definition) is 3. The van der Waals surface area contributed by atoms with Gasteiger partial charge in [0.1, 0.15) is 5.60 Å². The Morgan fingerprint density at radius 2 is 2.25 bits per heavy atom. The predicted molar refractivity (Wildman–Crippen MR) is 54.0 cm³/mol. The fourth-order valence-electron chi connectivity index (χ4n) is 1.25. The van der Waals surface area contributed by atoms with Crippen molar-refractivity contribution in [1.29, 1.82) is 0 Å². The minimum atomic E-state index is -0.146. The maximum absolute atomic E-state index is 5.63. The van der Waals surface area contributed by atoms with Crippen molar-refractivity contribution in [1.82, 2.24) is 5.32 Å². The molecule has 74 valence electrons. The molecule has 2 unspecified atom stereocenters. The van der Waals surface area contributed by atoms with Gasteiger partial charge in [-0.1, -0.05) is 0 Å². The quantitative estimate of drug-likeness (QED) is 0.780. The lowest BCUT2D eigenvalue weighted by Crippen LogP contribution is -2.54. The number of morpholine rings is 1. The van der Waals surface area contributed by atoms with E-state index >= 15 is 0 Å². The van der Waals surface area contributed by atoms with Gasteiger partial charge in [-0.2, -0.15) is 0 Å². The Labute approximate surface area is 84.6 Å².